The van der Waals surface area contributed by atoms with E-state index in [4.69, 9.17) is 9.47 Å². The first-order valence-corrected chi connectivity index (χ1v) is 9.08. The molecule has 4 rings (SSSR count). The van der Waals surface area contributed by atoms with Gasteiger partial charge in [-0.1, -0.05) is 6.07 Å². The maximum Gasteiger partial charge on any atom is 0.416 e. The van der Waals surface area contributed by atoms with Gasteiger partial charge in [0.15, 0.2) is 17.4 Å². The number of ether oxygens (including phenoxy) is 2. The van der Waals surface area contributed by atoms with Crippen molar-refractivity contribution in [3.63, 3.8) is 0 Å². The van der Waals surface area contributed by atoms with Gasteiger partial charge in [0.1, 0.15) is 18.0 Å². The summed E-state index contributed by atoms with van der Waals surface area (Å²) in [6, 6.07) is 4.71. The normalized spacial score (nSPS) is 18.0. The van der Waals surface area contributed by atoms with E-state index in [2.05, 4.69) is 0 Å². The van der Waals surface area contributed by atoms with Crippen LogP contribution in [-0.4, -0.2) is 5.60 Å². The summed E-state index contributed by atoms with van der Waals surface area (Å²) in [6.45, 7) is 3.08. The van der Waals surface area contributed by atoms with Gasteiger partial charge in [0, 0.05) is 17.5 Å². The summed E-state index contributed by atoms with van der Waals surface area (Å²) in [5.74, 6) is -1.89. The molecule has 2 aromatic carbocycles. The van der Waals surface area contributed by atoms with E-state index in [9.17, 15) is 22.0 Å². The molecule has 0 amide bonds. The Labute approximate surface area is 159 Å². The highest BCUT2D eigenvalue weighted by Crippen LogP contribution is 2.45. The zero-order valence-corrected chi connectivity index (χ0v) is 15.4. The number of alkyl halides is 3. The monoisotopic (exact) mass is 398 g/mol. The predicted molar refractivity (Wildman–Crippen MR) is 92.5 cm³/mol. The van der Waals surface area contributed by atoms with Crippen molar-refractivity contribution in [2.75, 3.05) is 0 Å². The van der Waals surface area contributed by atoms with E-state index in [1.165, 1.54) is 18.2 Å². The van der Waals surface area contributed by atoms with Crippen molar-refractivity contribution in [2.24, 2.45) is 0 Å². The van der Waals surface area contributed by atoms with Gasteiger partial charge in [-0.2, -0.15) is 13.2 Å². The molecule has 1 saturated carbocycles. The van der Waals surface area contributed by atoms with Crippen LogP contribution in [0, 0.1) is 11.6 Å². The second-order valence-electron chi connectivity index (χ2n) is 7.99. The molecule has 1 aliphatic carbocycles. The van der Waals surface area contributed by atoms with Crippen molar-refractivity contribution in [2.45, 2.75) is 57.4 Å². The number of hydrogen-bond donors (Lipinski definition) is 0. The second kappa shape index (κ2) is 6.36. The number of benzene rings is 2. The molecular formula is C21H19F5O2. The summed E-state index contributed by atoms with van der Waals surface area (Å²) >= 11 is 0. The molecule has 2 aliphatic rings. The summed E-state index contributed by atoms with van der Waals surface area (Å²) in [4.78, 5) is 0. The summed E-state index contributed by atoms with van der Waals surface area (Å²) in [7, 11) is 0. The first-order valence-electron chi connectivity index (χ1n) is 9.08. The number of hydrogen-bond acceptors (Lipinski definition) is 2. The highest BCUT2D eigenvalue weighted by Gasteiger charge is 2.41. The zero-order valence-electron chi connectivity index (χ0n) is 15.4. The van der Waals surface area contributed by atoms with Gasteiger partial charge in [-0.25, -0.2) is 8.78 Å². The first-order chi connectivity index (χ1) is 13.0. The van der Waals surface area contributed by atoms with E-state index >= 15 is 0 Å². The van der Waals surface area contributed by atoms with Crippen LogP contribution < -0.4 is 9.47 Å². The molecule has 0 aromatic heterocycles. The molecule has 1 fully saturated rings. The average Bonchev–Trinajstić information content (AvgIpc) is 3.35. The standard InChI is InChI=1S/C21H19F5O2/c1-20(2)9-14-15(21(24,25)26)6-5-12(18(14)28-20)10-27-19-16(22)7-13(8-17(19)23)11-3-4-11/h5-8,11H,3-4,9-10H2,1-2H3. The third-order valence-corrected chi connectivity index (χ3v) is 5.07. The Morgan fingerprint density at radius 1 is 1.11 bits per heavy atom. The summed E-state index contributed by atoms with van der Waals surface area (Å²) < 4.78 is 79.5. The van der Waals surface area contributed by atoms with Crippen LogP contribution in [0.5, 0.6) is 11.5 Å². The van der Waals surface area contributed by atoms with Gasteiger partial charge in [0.25, 0.3) is 0 Å². The van der Waals surface area contributed by atoms with Gasteiger partial charge in [0.2, 0.25) is 0 Å². The average molecular weight is 398 g/mol. The molecule has 0 spiro atoms. The van der Waals surface area contributed by atoms with Gasteiger partial charge in [-0.05, 0) is 56.4 Å². The van der Waals surface area contributed by atoms with Crippen molar-refractivity contribution in [3.05, 3.63) is 58.2 Å². The number of halogens is 5. The lowest BCUT2D eigenvalue weighted by molar-refractivity contribution is -0.138. The lowest BCUT2D eigenvalue weighted by Gasteiger charge is -2.18. The third-order valence-electron chi connectivity index (χ3n) is 5.07. The van der Waals surface area contributed by atoms with Crippen LogP contribution >= 0.6 is 0 Å². The van der Waals surface area contributed by atoms with Gasteiger partial charge in [0.05, 0.1) is 5.56 Å². The summed E-state index contributed by atoms with van der Waals surface area (Å²) in [5, 5.41) is 0. The molecule has 0 atom stereocenters. The van der Waals surface area contributed by atoms with Crippen molar-refractivity contribution in [3.8, 4) is 11.5 Å². The third kappa shape index (κ3) is 3.54. The van der Waals surface area contributed by atoms with E-state index in [0.717, 1.165) is 18.9 Å². The van der Waals surface area contributed by atoms with Crippen LogP contribution in [0.3, 0.4) is 0 Å². The Balaban J connectivity index is 1.62. The van der Waals surface area contributed by atoms with Crippen LogP contribution in [0.2, 0.25) is 0 Å². The van der Waals surface area contributed by atoms with Crippen LogP contribution in [0.1, 0.15) is 54.9 Å². The van der Waals surface area contributed by atoms with Crippen LogP contribution in [0.4, 0.5) is 22.0 Å². The first kappa shape index (κ1) is 19.0. The summed E-state index contributed by atoms with van der Waals surface area (Å²) in [6.07, 6.45) is -2.61. The fraction of sp³-hybridized carbons (Fsp3) is 0.429. The molecule has 7 heteroatoms. The highest BCUT2D eigenvalue weighted by atomic mass is 19.4. The molecule has 2 aromatic rings. The smallest absolute Gasteiger partial charge is 0.416 e. The molecular weight excluding hydrogens is 379 g/mol. The lowest BCUT2D eigenvalue weighted by Crippen LogP contribution is -2.25. The molecule has 1 aliphatic heterocycles. The van der Waals surface area contributed by atoms with Crippen molar-refractivity contribution in [1.29, 1.82) is 0 Å². The number of fused-ring (bicyclic) bond motifs is 1. The lowest BCUT2D eigenvalue weighted by atomic mass is 9.95. The molecule has 0 bridgehead atoms. The van der Waals surface area contributed by atoms with Crippen molar-refractivity contribution >= 4 is 0 Å². The second-order valence-corrected chi connectivity index (χ2v) is 7.99. The summed E-state index contributed by atoms with van der Waals surface area (Å²) in [5.41, 5.74) is -0.603. The van der Waals surface area contributed by atoms with E-state index < -0.39 is 34.7 Å². The molecule has 0 radical (unpaired) electrons. The Morgan fingerprint density at radius 2 is 1.75 bits per heavy atom. The van der Waals surface area contributed by atoms with Gasteiger partial charge in [-0.15, -0.1) is 0 Å². The fourth-order valence-electron chi connectivity index (χ4n) is 3.62. The van der Waals surface area contributed by atoms with Gasteiger partial charge >= 0.3 is 6.18 Å². The molecule has 150 valence electrons. The maximum atomic E-state index is 14.3. The minimum atomic E-state index is -4.51. The maximum absolute atomic E-state index is 14.3. The molecule has 0 N–H and O–H groups in total. The molecule has 2 nitrogen and oxygen atoms in total. The van der Waals surface area contributed by atoms with E-state index in [0.29, 0.717) is 11.1 Å². The molecule has 28 heavy (non-hydrogen) atoms. The number of rotatable bonds is 4. The van der Waals surface area contributed by atoms with Crippen LogP contribution in [0.25, 0.3) is 0 Å². The van der Waals surface area contributed by atoms with Crippen molar-refractivity contribution < 1.29 is 31.4 Å². The Morgan fingerprint density at radius 3 is 2.32 bits per heavy atom. The Kier molecular flexibility index (Phi) is 4.32. The molecule has 1 heterocycles. The zero-order chi connectivity index (χ0) is 20.3. The van der Waals surface area contributed by atoms with Gasteiger partial charge < -0.3 is 9.47 Å². The SMILES string of the molecule is CC1(C)Cc2c(C(F)(F)F)ccc(COc3c(F)cc(C4CC4)cc3F)c2O1. The Bertz CT molecular complexity index is 906. The molecule has 0 saturated heterocycles. The minimum Gasteiger partial charge on any atom is -0.487 e. The van der Waals surface area contributed by atoms with Gasteiger partial charge in [-0.3, -0.25) is 0 Å². The van der Waals surface area contributed by atoms with E-state index in [-0.39, 0.29) is 30.3 Å². The van der Waals surface area contributed by atoms with E-state index in [1.54, 1.807) is 13.8 Å². The van der Waals surface area contributed by atoms with Crippen LogP contribution in [-0.2, 0) is 19.2 Å². The predicted octanol–water partition coefficient (Wildman–Crippen LogP) is 6.15. The quantitative estimate of drug-likeness (QED) is 0.575. The van der Waals surface area contributed by atoms with Crippen LogP contribution in [0.15, 0.2) is 24.3 Å². The molecule has 0 unspecified atom stereocenters. The fourth-order valence-corrected chi connectivity index (χ4v) is 3.62. The minimum absolute atomic E-state index is 0.0450. The highest BCUT2D eigenvalue weighted by molar-refractivity contribution is 5.51. The largest absolute Gasteiger partial charge is 0.487 e. The topological polar surface area (TPSA) is 18.5 Å². The Hall–Kier alpha value is -2.31. The van der Waals surface area contributed by atoms with Crippen molar-refractivity contribution in [1.82, 2.24) is 0 Å². The van der Waals surface area contributed by atoms with E-state index in [1.807, 2.05) is 0 Å².